The molecule has 0 aliphatic carbocycles. The van der Waals surface area contributed by atoms with Crippen LogP contribution in [0.2, 0.25) is 0 Å². The standard InChI is InChI=1S/C15H31N3O3/c1-6-18(9-7-8-17(4)5)15(21)16-11-13(14(19)20)10-12(2)3/h12-13H,6-11H2,1-5H3,(H,16,21)(H,19,20). The number of rotatable bonds is 10. The maximum atomic E-state index is 12.1. The first-order chi connectivity index (χ1) is 9.77. The van der Waals surface area contributed by atoms with Gasteiger partial charge >= 0.3 is 12.0 Å². The number of carbonyl (C=O) groups excluding carboxylic acids is 1. The van der Waals surface area contributed by atoms with Gasteiger partial charge in [-0.3, -0.25) is 4.79 Å². The van der Waals surface area contributed by atoms with Crippen molar-refractivity contribution in [1.29, 1.82) is 0 Å². The lowest BCUT2D eigenvalue weighted by atomic mass is 9.97. The number of hydrogen-bond donors (Lipinski definition) is 2. The van der Waals surface area contributed by atoms with Crippen molar-refractivity contribution >= 4 is 12.0 Å². The van der Waals surface area contributed by atoms with E-state index in [1.807, 2.05) is 34.9 Å². The molecule has 6 heteroatoms. The van der Waals surface area contributed by atoms with Gasteiger partial charge in [0.15, 0.2) is 0 Å². The molecule has 0 aliphatic rings. The van der Waals surface area contributed by atoms with Crippen LogP contribution < -0.4 is 5.32 Å². The van der Waals surface area contributed by atoms with Crippen molar-refractivity contribution in [3.05, 3.63) is 0 Å². The van der Waals surface area contributed by atoms with Crippen LogP contribution in [0.25, 0.3) is 0 Å². The number of nitrogens with one attached hydrogen (secondary N) is 1. The minimum absolute atomic E-state index is 0.175. The summed E-state index contributed by atoms with van der Waals surface area (Å²) in [5.74, 6) is -1.07. The average molecular weight is 301 g/mol. The molecule has 6 nitrogen and oxygen atoms in total. The van der Waals surface area contributed by atoms with Gasteiger partial charge in [-0.1, -0.05) is 13.8 Å². The first-order valence-electron chi connectivity index (χ1n) is 7.68. The lowest BCUT2D eigenvalue weighted by Crippen LogP contribution is -2.43. The Hall–Kier alpha value is -1.30. The Morgan fingerprint density at radius 2 is 1.81 bits per heavy atom. The molecule has 2 N–H and O–H groups in total. The smallest absolute Gasteiger partial charge is 0.317 e. The molecule has 0 heterocycles. The summed E-state index contributed by atoms with van der Waals surface area (Å²) < 4.78 is 0. The van der Waals surface area contributed by atoms with Crippen molar-refractivity contribution in [3.8, 4) is 0 Å². The lowest BCUT2D eigenvalue weighted by molar-refractivity contribution is -0.142. The zero-order chi connectivity index (χ0) is 16.4. The van der Waals surface area contributed by atoms with Crippen LogP contribution in [0.5, 0.6) is 0 Å². The molecule has 0 aromatic heterocycles. The molecule has 0 saturated carbocycles. The summed E-state index contributed by atoms with van der Waals surface area (Å²) >= 11 is 0. The van der Waals surface area contributed by atoms with E-state index in [0.29, 0.717) is 25.4 Å². The van der Waals surface area contributed by atoms with Crippen molar-refractivity contribution < 1.29 is 14.7 Å². The fraction of sp³-hybridized carbons (Fsp3) is 0.867. The van der Waals surface area contributed by atoms with E-state index in [1.165, 1.54) is 0 Å². The summed E-state index contributed by atoms with van der Waals surface area (Å²) in [5.41, 5.74) is 0. The summed E-state index contributed by atoms with van der Waals surface area (Å²) in [6, 6.07) is -0.175. The summed E-state index contributed by atoms with van der Waals surface area (Å²) in [5, 5.41) is 11.9. The fourth-order valence-corrected chi connectivity index (χ4v) is 2.14. The second-order valence-electron chi connectivity index (χ2n) is 6.09. The summed E-state index contributed by atoms with van der Waals surface area (Å²) in [7, 11) is 4.00. The molecule has 0 spiro atoms. The molecule has 21 heavy (non-hydrogen) atoms. The Kier molecular flexibility index (Phi) is 9.78. The lowest BCUT2D eigenvalue weighted by Gasteiger charge is -2.23. The van der Waals surface area contributed by atoms with Crippen LogP contribution in [-0.2, 0) is 4.79 Å². The van der Waals surface area contributed by atoms with Gasteiger partial charge in [0.2, 0.25) is 0 Å². The number of hydrogen-bond acceptors (Lipinski definition) is 3. The normalized spacial score (nSPS) is 12.5. The number of urea groups is 1. The van der Waals surface area contributed by atoms with E-state index in [-0.39, 0.29) is 12.6 Å². The zero-order valence-corrected chi connectivity index (χ0v) is 14.1. The van der Waals surface area contributed by atoms with Crippen molar-refractivity contribution in [1.82, 2.24) is 15.1 Å². The van der Waals surface area contributed by atoms with Crippen LogP contribution in [0, 0.1) is 11.8 Å². The number of carboxylic acids is 1. The van der Waals surface area contributed by atoms with Crippen LogP contribution in [-0.4, -0.2) is 67.2 Å². The summed E-state index contributed by atoms with van der Waals surface area (Å²) in [6.07, 6.45) is 1.48. The highest BCUT2D eigenvalue weighted by atomic mass is 16.4. The predicted octanol–water partition coefficient (Wildman–Crippen LogP) is 1.72. The average Bonchev–Trinajstić information content (AvgIpc) is 2.38. The number of carboxylic acid groups (broad SMARTS) is 1. The van der Waals surface area contributed by atoms with Gasteiger partial charge in [0.25, 0.3) is 0 Å². The van der Waals surface area contributed by atoms with Gasteiger partial charge in [0.1, 0.15) is 0 Å². The van der Waals surface area contributed by atoms with E-state index in [1.54, 1.807) is 4.90 Å². The van der Waals surface area contributed by atoms with Crippen molar-refractivity contribution in [2.45, 2.75) is 33.6 Å². The van der Waals surface area contributed by atoms with Gasteiger partial charge in [-0.15, -0.1) is 0 Å². The van der Waals surface area contributed by atoms with Crippen molar-refractivity contribution in [3.63, 3.8) is 0 Å². The molecule has 0 aromatic rings. The predicted molar refractivity (Wildman–Crippen MR) is 84.4 cm³/mol. The van der Waals surface area contributed by atoms with Crippen LogP contribution in [0.3, 0.4) is 0 Å². The number of nitrogens with zero attached hydrogens (tertiary/aromatic N) is 2. The Morgan fingerprint density at radius 3 is 2.24 bits per heavy atom. The highest BCUT2D eigenvalue weighted by molar-refractivity contribution is 5.76. The van der Waals surface area contributed by atoms with E-state index < -0.39 is 11.9 Å². The third kappa shape index (κ3) is 9.28. The molecule has 124 valence electrons. The fourth-order valence-electron chi connectivity index (χ4n) is 2.14. The Morgan fingerprint density at radius 1 is 1.19 bits per heavy atom. The molecule has 0 radical (unpaired) electrons. The monoisotopic (exact) mass is 301 g/mol. The van der Waals surface area contributed by atoms with E-state index >= 15 is 0 Å². The van der Waals surface area contributed by atoms with Crippen LogP contribution in [0.4, 0.5) is 4.79 Å². The zero-order valence-electron chi connectivity index (χ0n) is 14.1. The minimum Gasteiger partial charge on any atom is -0.481 e. The maximum absolute atomic E-state index is 12.1. The molecular weight excluding hydrogens is 270 g/mol. The molecule has 0 saturated heterocycles. The van der Waals surface area contributed by atoms with E-state index in [2.05, 4.69) is 10.2 Å². The van der Waals surface area contributed by atoms with Crippen molar-refractivity contribution in [2.75, 3.05) is 40.3 Å². The van der Waals surface area contributed by atoms with E-state index in [4.69, 9.17) is 5.11 Å². The Balaban J connectivity index is 4.25. The molecule has 0 fully saturated rings. The van der Waals surface area contributed by atoms with Gasteiger partial charge in [-0.25, -0.2) is 4.79 Å². The maximum Gasteiger partial charge on any atom is 0.317 e. The molecule has 1 atom stereocenters. The van der Waals surface area contributed by atoms with Crippen LogP contribution >= 0.6 is 0 Å². The third-order valence-corrected chi connectivity index (χ3v) is 3.31. The third-order valence-electron chi connectivity index (χ3n) is 3.31. The second kappa shape index (κ2) is 10.4. The molecule has 1 unspecified atom stereocenters. The number of aliphatic carboxylic acids is 1. The van der Waals surface area contributed by atoms with Crippen LogP contribution in [0.1, 0.15) is 33.6 Å². The molecule has 0 bridgehead atoms. The van der Waals surface area contributed by atoms with Gasteiger partial charge in [-0.05, 0) is 46.3 Å². The topological polar surface area (TPSA) is 72.9 Å². The van der Waals surface area contributed by atoms with Gasteiger partial charge in [-0.2, -0.15) is 0 Å². The Labute approximate surface area is 128 Å². The van der Waals surface area contributed by atoms with Crippen LogP contribution in [0.15, 0.2) is 0 Å². The van der Waals surface area contributed by atoms with E-state index in [9.17, 15) is 9.59 Å². The minimum atomic E-state index is -0.848. The van der Waals surface area contributed by atoms with Gasteiger partial charge in [0, 0.05) is 19.6 Å². The van der Waals surface area contributed by atoms with Gasteiger partial charge in [0.05, 0.1) is 5.92 Å². The largest absolute Gasteiger partial charge is 0.481 e. The summed E-state index contributed by atoms with van der Waals surface area (Å²) in [4.78, 5) is 27.0. The van der Waals surface area contributed by atoms with Gasteiger partial charge < -0.3 is 20.2 Å². The highest BCUT2D eigenvalue weighted by Crippen LogP contribution is 2.11. The SMILES string of the molecule is CCN(CCCN(C)C)C(=O)NCC(CC(C)C)C(=O)O. The van der Waals surface area contributed by atoms with Crippen molar-refractivity contribution in [2.24, 2.45) is 11.8 Å². The first-order valence-corrected chi connectivity index (χ1v) is 7.68. The molecule has 2 amide bonds. The van der Waals surface area contributed by atoms with E-state index in [0.717, 1.165) is 13.0 Å². The number of amides is 2. The number of carbonyl (C=O) groups is 2. The highest BCUT2D eigenvalue weighted by Gasteiger charge is 2.20. The second-order valence-corrected chi connectivity index (χ2v) is 6.09. The molecule has 0 aromatic carbocycles. The molecule has 0 rings (SSSR count). The first kappa shape index (κ1) is 19.7. The molecule has 0 aliphatic heterocycles. The molecular formula is C15H31N3O3. The Bertz CT molecular complexity index is 319. The summed E-state index contributed by atoms with van der Waals surface area (Å²) in [6.45, 7) is 8.32. The quantitative estimate of drug-likeness (QED) is 0.644.